The molecule has 2 rings (SSSR count). The molecule has 1 aromatic heterocycles. The predicted molar refractivity (Wildman–Crippen MR) is 88.4 cm³/mol. The first-order chi connectivity index (χ1) is 10.9. The molecule has 6 nitrogen and oxygen atoms in total. The molecule has 7 heteroatoms. The lowest BCUT2D eigenvalue weighted by atomic mass is 10.1. The summed E-state index contributed by atoms with van der Waals surface area (Å²) in [5, 5.41) is 15.3. The van der Waals surface area contributed by atoms with Crippen molar-refractivity contribution in [1.82, 2.24) is 15.1 Å². The highest BCUT2D eigenvalue weighted by Crippen LogP contribution is 2.13. The minimum Gasteiger partial charge on any atom is -0.271 e. The summed E-state index contributed by atoms with van der Waals surface area (Å²) in [7, 11) is 0. The molecule has 0 radical (unpaired) electrons. The number of amides is 2. The molecule has 0 saturated carbocycles. The lowest BCUT2D eigenvalue weighted by Gasteiger charge is -2.04. The van der Waals surface area contributed by atoms with Gasteiger partial charge >= 0.3 is 6.03 Å². The Hall–Kier alpha value is -2.72. The minimum absolute atomic E-state index is 0.165. The summed E-state index contributed by atoms with van der Waals surface area (Å²) < 4.78 is 1.97. The third kappa shape index (κ3) is 4.14. The minimum atomic E-state index is -0.770. The largest absolute Gasteiger partial charge is 0.349 e. The number of nitriles is 1. The summed E-state index contributed by atoms with van der Waals surface area (Å²) in [6, 6.07) is 9.89. The summed E-state index contributed by atoms with van der Waals surface area (Å²) >= 11 is 3.31. The van der Waals surface area contributed by atoms with E-state index in [9.17, 15) is 9.59 Å². The molecule has 0 bridgehead atoms. The maximum atomic E-state index is 12.1. The van der Waals surface area contributed by atoms with E-state index in [-0.39, 0.29) is 5.57 Å². The molecule has 0 fully saturated rings. The van der Waals surface area contributed by atoms with Gasteiger partial charge in [0.15, 0.2) is 0 Å². The van der Waals surface area contributed by atoms with E-state index in [1.54, 1.807) is 50.2 Å². The van der Waals surface area contributed by atoms with Crippen LogP contribution in [0.2, 0.25) is 0 Å². The van der Waals surface area contributed by atoms with Gasteiger partial charge in [-0.2, -0.15) is 15.0 Å². The number of imide groups is 1. The molecular formula is C16H13BrN4O2. The third-order valence-corrected chi connectivity index (χ3v) is 3.50. The van der Waals surface area contributed by atoms with Gasteiger partial charge in [-0.1, -0.05) is 28.1 Å². The van der Waals surface area contributed by atoms with Gasteiger partial charge in [-0.3, -0.25) is 10.1 Å². The lowest BCUT2D eigenvalue weighted by molar-refractivity contribution is -0.116. The fraction of sp³-hybridized carbons (Fsp3) is 0.125. The molecule has 2 amide bonds. The van der Waals surface area contributed by atoms with Gasteiger partial charge in [0.2, 0.25) is 0 Å². The first-order valence-corrected chi connectivity index (χ1v) is 7.46. The SMILES string of the molecule is Cc1cc(C)n(C(=O)NC(=O)C(C#N)=Cc2ccc(Br)cc2)n1. The van der Waals surface area contributed by atoms with Gasteiger partial charge in [-0.15, -0.1) is 0 Å². The van der Waals surface area contributed by atoms with Gasteiger partial charge in [0, 0.05) is 10.2 Å². The van der Waals surface area contributed by atoms with Crippen LogP contribution in [0.4, 0.5) is 4.79 Å². The monoisotopic (exact) mass is 372 g/mol. The molecule has 1 aromatic carbocycles. The average molecular weight is 373 g/mol. The Labute approximate surface area is 141 Å². The van der Waals surface area contributed by atoms with Gasteiger partial charge in [0.1, 0.15) is 11.6 Å². The first-order valence-electron chi connectivity index (χ1n) is 6.67. The first kappa shape index (κ1) is 16.6. The van der Waals surface area contributed by atoms with Crippen LogP contribution in [0.25, 0.3) is 6.08 Å². The Morgan fingerprint density at radius 1 is 1.30 bits per heavy atom. The molecule has 1 heterocycles. The molecule has 116 valence electrons. The standard InChI is InChI=1S/C16H13BrN4O2/c1-10-7-11(2)21(20-10)16(23)19-15(22)13(9-18)8-12-3-5-14(17)6-4-12/h3-8H,1-2H3,(H,19,22,23). The number of nitrogens with zero attached hydrogens (tertiary/aromatic N) is 3. The van der Waals surface area contributed by atoms with Crippen molar-refractivity contribution in [3.8, 4) is 6.07 Å². The van der Waals surface area contributed by atoms with Crippen molar-refractivity contribution in [1.29, 1.82) is 5.26 Å². The summed E-state index contributed by atoms with van der Waals surface area (Å²) in [4.78, 5) is 24.1. The second-order valence-electron chi connectivity index (χ2n) is 4.82. The fourth-order valence-corrected chi connectivity index (χ4v) is 2.19. The summed E-state index contributed by atoms with van der Waals surface area (Å²) in [5.74, 6) is -0.770. The number of nitrogens with one attached hydrogen (secondary N) is 1. The van der Waals surface area contributed by atoms with Crippen LogP contribution in [-0.4, -0.2) is 21.7 Å². The van der Waals surface area contributed by atoms with E-state index >= 15 is 0 Å². The molecule has 23 heavy (non-hydrogen) atoms. The lowest BCUT2D eigenvalue weighted by Crippen LogP contribution is -2.36. The second kappa shape index (κ2) is 7.03. The number of aromatic nitrogens is 2. The van der Waals surface area contributed by atoms with E-state index < -0.39 is 11.9 Å². The summed E-state index contributed by atoms with van der Waals surface area (Å²) in [6.45, 7) is 3.44. The van der Waals surface area contributed by atoms with E-state index in [1.807, 2.05) is 0 Å². The highest BCUT2D eigenvalue weighted by atomic mass is 79.9. The Morgan fingerprint density at radius 3 is 2.48 bits per heavy atom. The smallest absolute Gasteiger partial charge is 0.271 e. The van der Waals surface area contributed by atoms with E-state index in [1.165, 1.54) is 6.08 Å². The zero-order valence-corrected chi connectivity index (χ0v) is 14.1. The highest BCUT2D eigenvalue weighted by Gasteiger charge is 2.16. The maximum absolute atomic E-state index is 12.1. The number of hydrogen-bond acceptors (Lipinski definition) is 4. The van der Waals surface area contributed by atoms with Crippen molar-refractivity contribution < 1.29 is 9.59 Å². The van der Waals surface area contributed by atoms with E-state index in [2.05, 4.69) is 26.3 Å². The van der Waals surface area contributed by atoms with Crippen molar-refractivity contribution in [2.45, 2.75) is 13.8 Å². The fourth-order valence-electron chi connectivity index (χ4n) is 1.93. The van der Waals surface area contributed by atoms with Gasteiger partial charge in [-0.05, 0) is 43.7 Å². The molecular weight excluding hydrogens is 360 g/mol. The number of benzene rings is 1. The molecule has 0 saturated heterocycles. The van der Waals surface area contributed by atoms with Crippen molar-refractivity contribution in [2.75, 3.05) is 0 Å². The number of carbonyl (C=O) groups excluding carboxylic acids is 2. The van der Waals surface area contributed by atoms with Crippen molar-refractivity contribution in [3.05, 3.63) is 57.3 Å². The summed E-state index contributed by atoms with van der Waals surface area (Å²) in [5.41, 5.74) is 1.78. The van der Waals surface area contributed by atoms with Crippen LogP contribution in [-0.2, 0) is 4.79 Å². The van der Waals surface area contributed by atoms with E-state index in [4.69, 9.17) is 5.26 Å². The molecule has 2 aromatic rings. The van der Waals surface area contributed by atoms with Crippen LogP contribution >= 0.6 is 15.9 Å². The molecule has 0 aliphatic heterocycles. The quantitative estimate of drug-likeness (QED) is 0.648. The Morgan fingerprint density at radius 2 is 1.96 bits per heavy atom. The number of halogens is 1. The second-order valence-corrected chi connectivity index (χ2v) is 5.74. The van der Waals surface area contributed by atoms with Crippen LogP contribution in [0.5, 0.6) is 0 Å². The van der Waals surface area contributed by atoms with Gasteiger partial charge in [0.25, 0.3) is 5.91 Å². The summed E-state index contributed by atoms with van der Waals surface area (Å²) in [6.07, 6.45) is 1.41. The maximum Gasteiger partial charge on any atom is 0.349 e. The van der Waals surface area contributed by atoms with Crippen LogP contribution < -0.4 is 5.32 Å². The van der Waals surface area contributed by atoms with Gasteiger partial charge in [0.05, 0.1) is 5.69 Å². The van der Waals surface area contributed by atoms with E-state index in [0.717, 1.165) is 9.15 Å². The molecule has 0 aliphatic carbocycles. The van der Waals surface area contributed by atoms with Crippen LogP contribution in [0.15, 0.2) is 40.4 Å². The number of carbonyl (C=O) groups is 2. The molecule has 0 unspecified atom stereocenters. The Kier molecular flexibility index (Phi) is 5.09. The van der Waals surface area contributed by atoms with Crippen molar-refractivity contribution in [2.24, 2.45) is 0 Å². The van der Waals surface area contributed by atoms with Crippen molar-refractivity contribution >= 4 is 33.9 Å². The van der Waals surface area contributed by atoms with Crippen LogP contribution in [0.1, 0.15) is 17.0 Å². The molecule has 0 atom stereocenters. The van der Waals surface area contributed by atoms with E-state index in [0.29, 0.717) is 17.0 Å². The average Bonchev–Trinajstić information content (AvgIpc) is 2.85. The topological polar surface area (TPSA) is 87.8 Å². The molecule has 1 N–H and O–H groups in total. The number of aryl methyl sites for hydroxylation is 2. The highest BCUT2D eigenvalue weighted by molar-refractivity contribution is 9.10. The van der Waals surface area contributed by atoms with Crippen LogP contribution in [0, 0.1) is 25.2 Å². The Bertz CT molecular complexity index is 829. The van der Waals surface area contributed by atoms with Gasteiger partial charge in [-0.25, -0.2) is 4.79 Å². The van der Waals surface area contributed by atoms with Crippen LogP contribution in [0.3, 0.4) is 0 Å². The molecule has 0 spiro atoms. The number of hydrogen-bond donors (Lipinski definition) is 1. The molecule has 0 aliphatic rings. The third-order valence-electron chi connectivity index (χ3n) is 2.97. The normalized spacial score (nSPS) is 11.0. The van der Waals surface area contributed by atoms with Gasteiger partial charge < -0.3 is 0 Å². The predicted octanol–water partition coefficient (Wildman–Crippen LogP) is 2.95. The zero-order valence-electron chi connectivity index (χ0n) is 12.5. The number of rotatable bonds is 2. The van der Waals surface area contributed by atoms with Crippen molar-refractivity contribution in [3.63, 3.8) is 0 Å². The Balaban J connectivity index is 2.17. The zero-order chi connectivity index (χ0) is 17.0.